The van der Waals surface area contributed by atoms with Crippen LogP contribution in [0, 0.1) is 18.6 Å². The molecule has 2 aromatic carbocycles. The number of hydrogen-bond acceptors (Lipinski definition) is 7. The molecule has 1 fully saturated rings. The summed E-state index contributed by atoms with van der Waals surface area (Å²) < 4.78 is 40.0. The summed E-state index contributed by atoms with van der Waals surface area (Å²) in [5, 5.41) is 10.9. The summed E-state index contributed by atoms with van der Waals surface area (Å²) in [4.78, 5) is 37.7. The maximum atomic E-state index is 14.4. The molecule has 206 valence electrons. The molecular weight excluding hydrogens is 522 g/mol. The van der Waals surface area contributed by atoms with Crippen molar-refractivity contribution in [2.24, 2.45) is 0 Å². The molecule has 1 N–H and O–H groups in total. The highest BCUT2D eigenvalue weighted by Crippen LogP contribution is 2.35. The molecule has 2 aromatic heterocycles. The number of hydrogen-bond donors (Lipinski definition) is 1. The number of halogens is 2. The number of nitrogens with zero attached hydrogens (tertiary/aromatic N) is 4. The number of ether oxygens (including phenoxy) is 2. The Hall–Kier alpha value is -4.80. The highest BCUT2D eigenvalue weighted by atomic mass is 19.1. The predicted molar refractivity (Wildman–Crippen MR) is 142 cm³/mol. The Morgan fingerprint density at radius 3 is 2.42 bits per heavy atom. The van der Waals surface area contributed by atoms with Crippen molar-refractivity contribution in [1.82, 2.24) is 19.4 Å². The molecule has 1 saturated heterocycles. The summed E-state index contributed by atoms with van der Waals surface area (Å²) in [5.41, 5.74) is 0.140. The molecule has 0 aliphatic carbocycles. The van der Waals surface area contributed by atoms with Crippen LogP contribution in [0.4, 0.5) is 8.78 Å². The van der Waals surface area contributed by atoms with E-state index in [0.717, 1.165) is 22.3 Å². The van der Waals surface area contributed by atoms with Gasteiger partial charge in [0.2, 0.25) is 5.88 Å². The van der Waals surface area contributed by atoms with Crippen molar-refractivity contribution in [3.63, 3.8) is 0 Å². The van der Waals surface area contributed by atoms with Crippen molar-refractivity contribution in [2.45, 2.75) is 19.3 Å². The lowest BCUT2D eigenvalue weighted by Crippen LogP contribution is -2.36. The zero-order valence-electron chi connectivity index (χ0n) is 22.0. The van der Waals surface area contributed by atoms with Crippen molar-refractivity contribution < 1.29 is 28.2 Å². The smallest absolute Gasteiger partial charge is 0.275 e. The van der Waals surface area contributed by atoms with E-state index in [2.05, 4.69) is 9.97 Å². The second-order valence-electron chi connectivity index (χ2n) is 9.41. The monoisotopic (exact) mass is 548 g/mol. The second kappa shape index (κ2) is 10.8. The average Bonchev–Trinajstić information content (AvgIpc) is 3.43. The van der Waals surface area contributed by atoms with Crippen molar-refractivity contribution in [3.8, 4) is 34.6 Å². The Morgan fingerprint density at radius 1 is 1.07 bits per heavy atom. The molecule has 9 nitrogen and oxygen atoms in total. The number of benzene rings is 2. The van der Waals surface area contributed by atoms with E-state index < -0.39 is 40.5 Å². The van der Waals surface area contributed by atoms with Gasteiger partial charge in [0, 0.05) is 31.3 Å². The third kappa shape index (κ3) is 4.74. The summed E-state index contributed by atoms with van der Waals surface area (Å²) in [6.07, 6.45) is 1.97. The average molecular weight is 549 g/mol. The van der Waals surface area contributed by atoms with Gasteiger partial charge in [-0.05, 0) is 48.7 Å². The lowest BCUT2D eigenvalue weighted by molar-refractivity contribution is 0.0784. The fourth-order valence-corrected chi connectivity index (χ4v) is 4.92. The van der Waals surface area contributed by atoms with E-state index in [4.69, 9.17) is 9.47 Å². The van der Waals surface area contributed by atoms with Crippen LogP contribution >= 0.6 is 0 Å². The van der Waals surface area contributed by atoms with Gasteiger partial charge in [-0.25, -0.2) is 8.78 Å². The molecular formula is C29H26F2N4O5. The third-order valence-corrected chi connectivity index (χ3v) is 6.92. The van der Waals surface area contributed by atoms with E-state index >= 15 is 0 Å². The topological polar surface area (TPSA) is 107 Å². The van der Waals surface area contributed by atoms with E-state index in [-0.39, 0.29) is 47.4 Å². The molecule has 5 rings (SSSR count). The Kier molecular flexibility index (Phi) is 7.20. The normalized spacial score (nSPS) is 14.8. The summed E-state index contributed by atoms with van der Waals surface area (Å²) in [6.45, 7) is 2.11. The fraction of sp³-hybridized carbons (Fsp3) is 0.241. The Balaban J connectivity index is 1.64. The molecule has 0 radical (unpaired) electrons. The third-order valence-electron chi connectivity index (χ3n) is 6.92. The van der Waals surface area contributed by atoms with Crippen LogP contribution in [0.1, 0.15) is 33.8 Å². The quantitative estimate of drug-likeness (QED) is 0.384. The molecule has 0 saturated carbocycles. The van der Waals surface area contributed by atoms with Crippen LogP contribution in [-0.2, 0) is 0 Å². The van der Waals surface area contributed by atoms with Crippen molar-refractivity contribution in [1.29, 1.82) is 0 Å². The highest BCUT2D eigenvalue weighted by molar-refractivity contribution is 5.96. The number of methoxy groups -OCH3 is 2. The minimum atomic E-state index is -0.867. The summed E-state index contributed by atoms with van der Waals surface area (Å²) in [5.74, 6) is -2.87. The number of carbonyl (C=O) groups excluding carboxylic acids is 1. The number of aromatic nitrogens is 3. The number of likely N-dealkylation sites (tertiary alicyclic amines) is 1. The predicted octanol–water partition coefficient (Wildman–Crippen LogP) is 4.23. The van der Waals surface area contributed by atoms with Crippen LogP contribution in [0.2, 0.25) is 0 Å². The zero-order valence-corrected chi connectivity index (χ0v) is 22.0. The molecule has 1 aliphatic heterocycles. The number of aryl methyl sites for hydroxylation is 1. The summed E-state index contributed by atoms with van der Waals surface area (Å²) in [7, 11) is 2.85. The molecule has 0 spiro atoms. The second-order valence-corrected chi connectivity index (χ2v) is 9.41. The van der Waals surface area contributed by atoms with Gasteiger partial charge in [0.25, 0.3) is 11.5 Å². The number of amides is 1. The molecule has 1 aliphatic rings. The van der Waals surface area contributed by atoms with E-state index in [0.29, 0.717) is 6.42 Å². The molecule has 3 heterocycles. The van der Waals surface area contributed by atoms with Crippen molar-refractivity contribution in [3.05, 3.63) is 93.4 Å². The number of pyridine rings is 1. The van der Waals surface area contributed by atoms with E-state index in [9.17, 15) is 23.5 Å². The van der Waals surface area contributed by atoms with Gasteiger partial charge in [0.1, 0.15) is 34.5 Å². The molecule has 0 bridgehead atoms. The first-order chi connectivity index (χ1) is 19.2. The minimum Gasteiger partial charge on any atom is -0.494 e. The Bertz CT molecular complexity index is 1630. The number of carbonyl (C=O) groups is 1. The van der Waals surface area contributed by atoms with Crippen LogP contribution in [-0.4, -0.2) is 57.8 Å². The van der Waals surface area contributed by atoms with Crippen LogP contribution in [0.15, 0.2) is 59.5 Å². The molecule has 11 heteroatoms. The maximum absolute atomic E-state index is 14.4. The number of rotatable bonds is 6. The van der Waals surface area contributed by atoms with Gasteiger partial charge in [-0.3, -0.25) is 19.1 Å². The standard InChI is InChI=1S/C29H26F2N4O5/c1-16-7-10-21(32-14-16)26-33-27(36)24(29(38)35(26)25-22(39-2)5-4-6-23(25)40-3)28(37)34-12-11-17(15-34)19-9-8-18(30)13-20(19)31/h4-10,13-14,17,36H,11-12,15H2,1-3H3. The van der Waals surface area contributed by atoms with Gasteiger partial charge >= 0.3 is 0 Å². The van der Waals surface area contributed by atoms with Gasteiger partial charge in [0.05, 0.1) is 14.2 Å². The first kappa shape index (κ1) is 26.8. The Morgan fingerprint density at radius 2 is 1.80 bits per heavy atom. The van der Waals surface area contributed by atoms with E-state index in [1.54, 1.807) is 36.5 Å². The molecule has 4 aromatic rings. The molecule has 1 amide bonds. The number of para-hydroxylation sites is 1. The fourth-order valence-electron chi connectivity index (χ4n) is 4.92. The van der Waals surface area contributed by atoms with Crippen LogP contribution in [0.25, 0.3) is 17.2 Å². The van der Waals surface area contributed by atoms with Gasteiger partial charge in [-0.2, -0.15) is 4.98 Å². The van der Waals surface area contributed by atoms with Gasteiger partial charge in [-0.15, -0.1) is 0 Å². The first-order valence-electron chi connectivity index (χ1n) is 12.5. The Labute approximate surface area is 228 Å². The van der Waals surface area contributed by atoms with Gasteiger partial charge in [0.15, 0.2) is 11.4 Å². The molecule has 1 atom stereocenters. The number of aromatic hydroxyl groups is 1. The zero-order chi connectivity index (χ0) is 28.6. The van der Waals surface area contributed by atoms with Crippen LogP contribution in [0.3, 0.4) is 0 Å². The lowest BCUT2D eigenvalue weighted by atomic mass is 9.98. The van der Waals surface area contributed by atoms with Crippen molar-refractivity contribution >= 4 is 5.91 Å². The molecule has 40 heavy (non-hydrogen) atoms. The summed E-state index contributed by atoms with van der Waals surface area (Å²) >= 11 is 0. The van der Waals surface area contributed by atoms with Gasteiger partial charge < -0.3 is 19.5 Å². The summed E-state index contributed by atoms with van der Waals surface area (Å²) in [6, 6.07) is 11.6. The van der Waals surface area contributed by atoms with Crippen molar-refractivity contribution in [2.75, 3.05) is 27.3 Å². The molecule has 1 unspecified atom stereocenters. The maximum Gasteiger partial charge on any atom is 0.275 e. The lowest BCUT2D eigenvalue weighted by Gasteiger charge is -2.21. The van der Waals surface area contributed by atoms with Crippen LogP contribution < -0.4 is 15.0 Å². The van der Waals surface area contributed by atoms with Crippen LogP contribution in [0.5, 0.6) is 17.4 Å². The first-order valence-corrected chi connectivity index (χ1v) is 12.5. The highest BCUT2D eigenvalue weighted by Gasteiger charge is 2.34. The van der Waals surface area contributed by atoms with E-state index in [1.807, 2.05) is 6.92 Å². The SMILES string of the molecule is COc1cccc(OC)c1-n1c(-c2ccc(C)cn2)nc(O)c(C(=O)N2CCC(c3ccc(F)cc3F)C2)c1=O. The minimum absolute atomic E-state index is 0.0328. The van der Waals surface area contributed by atoms with Gasteiger partial charge in [-0.1, -0.05) is 18.2 Å². The van der Waals surface area contributed by atoms with E-state index in [1.165, 1.54) is 25.2 Å². The largest absolute Gasteiger partial charge is 0.494 e.